The molecule has 0 fully saturated rings. The summed E-state index contributed by atoms with van der Waals surface area (Å²) in [5.74, 6) is -0.144. The quantitative estimate of drug-likeness (QED) is 0.903. The lowest BCUT2D eigenvalue weighted by atomic mass is 9.99. The Bertz CT molecular complexity index is 658. The molecule has 2 aromatic rings. The Morgan fingerprint density at radius 1 is 1.57 bits per heavy atom. The zero-order valence-corrected chi connectivity index (χ0v) is 12.5. The van der Waals surface area contributed by atoms with Gasteiger partial charge in [-0.15, -0.1) is 0 Å². The van der Waals surface area contributed by atoms with Crippen molar-refractivity contribution in [1.82, 2.24) is 20.1 Å². The fraction of sp³-hybridized carbons (Fsp3) is 0.467. The van der Waals surface area contributed by atoms with Crippen LogP contribution in [-0.4, -0.2) is 26.8 Å². The molecule has 0 spiro atoms. The minimum Gasteiger partial charge on any atom is -0.369 e. The van der Waals surface area contributed by atoms with Crippen LogP contribution in [0.25, 0.3) is 0 Å². The Kier molecular flexibility index (Phi) is 3.55. The maximum atomic E-state index is 12.4. The number of nitrogens with one attached hydrogen (secondary N) is 2. The van der Waals surface area contributed by atoms with Crippen LogP contribution in [0.15, 0.2) is 18.3 Å². The van der Waals surface area contributed by atoms with Crippen molar-refractivity contribution in [2.24, 2.45) is 7.05 Å². The molecule has 112 valence electrons. The summed E-state index contributed by atoms with van der Waals surface area (Å²) < 4.78 is 7.72. The molecule has 6 nitrogen and oxygen atoms in total. The van der Waals surface area contributed by atoms with E-state index in [0.717, 1.165) is 17.0 Å². The van der Waals surface area contributed by atoms with E-state index in [9.17, 15) is 4.79 Å². The van der Waals surface area contributed by atoms with Gasteiger partial charge in [0.15, 0.2) is 5.69 Å². The number of amides is 1. The van der Waals surface area contributed by atoms with Crippen molar-refractivity contribution in [3.63, 3.8) is 0 Å². The third kappa shape index (κ3) is 2.58. The van der Waals surface area contributed by atoms with Gasteiger partial charge in [0.1, 0.15) is 0 Å². The number of carbonyl (C=O) groups is 1. The number of ether oxygens (including phenoxy) is 1. The molecule has 0 saturated heterocycles. The van der Waals surface area contributed by atoms with E-state index in [1.54, 1.807) is 0 Å². The third-order valence-electron chi connectivity index (χ3n) is 3.93. The molecule has 2 atom stereocenters. The van der Waals surface area contributed by atoms with Gasteiger partial charge in [-0.2, -0.15) is 5.10 Å². The van der Waals surface area contributed by atoms with Crippen LogP contribution < -0.4 is 5.32 Å². The number of nitrogens with zero attached hydrogens (tertiary/aromatic N) is 2. The predicted molar refractivity (Wildman–Crippen MR) is 77.8 cm³/mol. The highest BCUT2D eigenvalue weighted by Gasteiger charge is 2.29. The van der Waals surface area contributed by atoms with Crippen molar-refractivity contribution in [2.75, 3.05) is 0 Å². The van der Waals surface area contributed by atoms with Crippen molar-refractivity contribution in [3.05, 3.63) is 41.0 Å². The molecule has 0 aliphatic carbocycles. The second kappa shape index (κ2) is 5.37. The molecule has 3 heterocycles. The SMILES string of the molecule is C[C@@H]1Cc2c(C(=O)NCc3cccn3C)n[nH]c2[C@H](C)O1. The lowest BCUT2D eigenvalue weighted by Gasteiger charge is -2.25. The Balaban J connectivity index is 1.75. The van der Waals surface area contributed by atoms with E-state index in [-0.39, 0.29) is 18.1 Å². The third-order valence-corrected chi connectivity index (χ3v) is 3.93. The van der Waals surface area contributed by atoms with Crippen LogP contribution in [0.2, 0.25) is 0 Å². The molecular formula is C15H20N4O2. The summed E-state index contributed by atoms with van der Waals surface area (Å²) in [6.45, 7) is 4.47. The Hall–Kier alpha value is -2.08. The summed E-state index contributed by atoms with van der Waals surface area (Å²) in [4.78, 5) is 12.4. The lowest BCUT2D eigenvalue weighted by molar-refractivity contribution is -0.00697. The van der Waals surface area contributed by atoms with Gasteiger partial charge in [0, 0.05) is 30.9 Å². The molecule has 1 amide bonds. The fourth-order valence-corrected chi connectivity index (χ4v) is 2.80. The van der Waals surface area contributed by atoms with E-state index < -0.39 is 0 Å². The fourth-order valence-electron chi connectivity index (χ4n) is 2.80. The minimum atomic E-state index is -0.144. The second-order valence-electron chi connectivity index (χ2n) is 5.55. The van der Waals surface area contributed by atoms with Gasteiger partial charge >= 0.3 is 0 Å². The molecule has 0 aromatic carbocycles. The first kappa shape index (κ1) is 13.9. The standard InChI is InChI=1S/C15H20N4O2/c1-9-7-12-13(10(2)21-9)17-18-14(12)15(20)16-8-11-5-4-6-19(11)3/h4-6,9-10H,7-8H2,1-3H3,(H,16,20)(H,17,18)/t9-,10+/m1/s1. The largest absolute Gasteiger partial charge is 0.369 e. The zero-order valence-electron chi connectivity index (χ0n) is 12.5. The molecule has 3 rings (SSSR count). The highest BCUT2D eigenvalue weighted by atomic mass is 16.5. The van der Waals surface area contributed by atoms with E-state index in [4.69, 9.17) is 4.74 Å². The lowest BCUT2D eigenvalue weighted by Crippen LogP contribution is -2.28. The first-order valence-electron chi connectivity index (χ1n) is 7.17. The van der Waals surface area contributed by atoms with Crippen molar-refractivity contribution in [3.8, 4) is 0 Å². The molecule has 21 heavy (non-hydrogen) atoms. The molecular weight excluding hydrogens is 268 g/mol. The van der Waals surface area contributed by atoms with E-state index in [1.165, 1.54) is 0 Å². The van der Waals surface area contributed by atoms with Gasteiger partial charge in [-0.3, -0.25) is 9.89 Å². The van der Waals surface area contributed by atoms with Crippen molar-refractivity contribution in [2.45, 2.75) is 39.0 Å². The van der Waals surface area contributed by atoms with Gasteiger partial charge in [0.2, 0.25) is 0 Å². The van der Waals surface area contributed by atoms with Gasteiger partial charge in [-0.05, 0) is 26.0 Å². The van der Waals surface area contributed by atoms with Crippen LogP contribution in [0.4, 0.5) is 0 Å². The number of aromatic amines is 1. The highest BCUT2D eigenvalue weighted by Crippen LogP contribution is 2.29. The van der Waals surface area contributed by atoms with Crippen molar-refractivity contribution >= 4 is 5.91 Å². The number of hydrogen-bond donors (Lipinski definition) is 2. The summed E-state index contributed by atoms with van der Waals surface area (Å²) in [5, 5.41) is 10.0. The number of aryl methyl sites for hydroxylation is 1. The molecule has 2 aromatic heterocycles. The van der Waals surface area contributed by atoms with Crippen molar-refractivity contribution < 1.29 is 9.53 Å². The first-order chi connectivity index (χ1) is 10.1. The summed E-state index contributed by atoms with van der Waals surface area (Å²) >= 11 is 0. The summed E-state index contributed by atoms with van der Waals surface area (Å²) in [6.07, 6.45) is 2.72. The van der Waals surface area contributed by atoms with Gasteiger partial charge in [-0.25, -0.2) is 0 Å². The summed E-state index contributed by atoms with van der Waals surface area (Å²) in [7, 11) is 1.96. The summed E-state index contributed by atoms with van der Waals surface area (Å²) in [6, 6.07) is 3.94. The van der Waals surface area contributed by atoms with Crippen LogP contribution in [0.5, 0.6) is 0 Å². The smallest absolute Gasteiger partial charge is 0.272 e. The van der Waals surface area contributed by atoms with Crippen LogP contribution in [0.3, 0.4) is 0 Å². The van der Waals surface area contributed by atoms with Crippen LogP contribution >= 0.6 is 0 Å². The Morgan fingerprint density at radius 2 is 2.38 bits per heavy atom. The van der Waals surface area contributed by atoms with Crippen LogP contribution in [0.1, 0.15) is 47.4 Å². The average Bonchev–Trinajstić information content (AvgIpc) is 3.02. The molecule has 0 radical (unpaired) electrons. The number of H-pyrrole nitrogens is 1. The van der Waals surface area contributed by atoms with E-state index in [2.05, 4.69) is 15.5 Å². The minimum absolute atomic E-state index is 0.0503. The first-order valence-corrected chi connectivity index (χ1v) is 7.17. The Labute approximate surface area is 123 Å². The predicted octanol–water partition coefficient (Wildman–Crippen LogP) is 1.70. The van der Waals surface area contributed by atoms with E-state index in [1.807, 2.05) is 43.8 Å². The van der Waals surface area contributed by atoms with Crippen molar-refractivity contribution in [1.29, 1.82) is 0 Å². The molecule has 6 heteroatoms. The summed E-state index contributed by atoms with van der Waals surface area (Å²) in [5.41, 5.74) is 3.43. The maximum Gasteiger partial charge on any atom is 0.272 e. The van der Waals surface area contributed by atoms with Crippen LogP contribution in [-0.2, 0) is 24.8 Å². The average molecular weight is 288 g/mol. The normalized spacial score (nSPS) is 21.1. The number of rotatable bonds is 3. The molecule has 1 aliphatic rings. The van der Waals surface area contributed by atoms with Gasteiger partial charge in [0.25, 0.3) is 5.91 Å². The number of carbonyl (C=O) groups excluding carboxylic acids is 1. The van der Waals surface area contributed by atoms with E-state index >= 15 is 0 Å². The Morgan fingerprint density at radius 3 is 3.10 bits per heavy atom. The molecule has 0 saturated carbocycles. The van der Waals surface area contributed by atoms with E-state index in [0.29, 0.717) is 18.7 Å². The maximum absolute atomic E-state index is 12.4. The second-order valence-corrected chi connectivity index (χ2v) is 5.55. The van der Waals surface area contributed by atoms with Gasteiger partial charge in [0.05, 0.1) is 24.4 Å². The van der Waals surface area contributed by atoms with Gasteiger partial charge < -0.3 is 14.6 Å². The highest BCUT2D eigenvalue weighted by molar-refractivity contribution is 5.94. The number of fused-ring (bicyclic) bond motifs is 1. The van der Waals surface area contributed by atoms with Crippen LogP contribution in [0, 0.1) is 0 Å². The topological polar surface area (TPSA) is 71.9 Å². The molecule has 2 N–H and O–H groups in total. The zero-order chi connectivity index (χ0) is 15.0. The molecule has 0 bridgehead atoms. The monoisotopic (exact) mass is 288 g/mol. The van der Waals surface area contributed by atoms with Gasteiger partial charge in [-0.1, -0.05) is 0 Å². The number of hydrogen-bond acceptors (Lipinski definition) is 3. The number of aromatic nitrogens is 3. The molecule has 0 unspecified atom stereocenters. The molecule has 1 aliphatic heterocycles.